The van der Waals surface area contributed by atoms with Crippen molar-refractivity contribution in [2.45, 2.75) is 25.8 Å². The highest BCUT2D eigenvalue weighted by Crippen LogP contribution is 2.19. The summed E-state index contributed by atoms with van der Waals surface area (Å²) in [5.74, 6) is 1.24. The highest BCUT2D eigenvalue weighted by molar-refractivity contribution is 7.98. The summed E-state index contributed by atoms with van der Waals surface area (Å²) >= 11 is 13.2. The minimum atomic E-state index is 0.742. The quantitative estimate of drug-likeness (QED) is 0.606. The van der Waals surface area contributed by atoms with E-state index in [0.717, 1.165) is 27.4 Å². The van der Waals surface area contributed by atoms with E-state index in [9.17, 15) is 0 Å². The summed E-state index contributed by atoms with van der Waals surface area (Å²) in [4.78, 5) is 3.21. The molecule has 5 heteroatoms. The second-order valence-corrected chi connectivity index (χ2v) is 6.11. The Morgan fingerprint density at radius 2 is 2.17 bits per heavy atom. The third kappa shape index (κ3) is 3.31. The lowest BCUT2D eigenvalue weighted by molar-refractivity contribution is 0.611. The van der Waals surface area contributed by atoms with Gasteiger partial charge in [-0.2, -0.15) is 11.8 Å². The molecule has 0 spiro atoms. The first-order chi connectivity index (χ1) is 8.72. The molecule has 2 aromatic rings. The topological polar surface area (TPSA) is 20.7 Å². The molecular weight excluding hydrogens is 284 g/mol. The molecule has 0 aliphatic rings. The Hall–Kier alpha value is -0.450. The zero-order chi connectivity index (χ0) is 13.0. The van der Waals surface area contributed by atoms with Crippen molar-refractivity contribution < 1.29 is 0 Å². The Bertz CT molecular complexity index is 574. The number of hydrogen-bond donors (Lipinski definition) is 1. The number of aromatic amines is 1. The van der Waals surface area contributed by atoms with Crippen LogP contribution in [0.2, 0.25) is 5.02 Å². The zero-order valence-electron chi connectivity index (χ0n) is 10.4. The van der Waals surface area contributed by atoms with Crippen LogP contribution in [0, 0.1) is 4.77 Å². The lowest BCUT2D eigenvalue weighted by Crippen LogP contribution is -1.98. The van der Waals surface area contributed by atoms with Crippen LogP contribution in [0.15, 0.2) is 18.2 Å². The number of fused-ring (bicyclic) bond motifs is 1. The molecule has 1 heterocycles. The second-order valence-electron chi connectivity index (χ2n) is 4.30. The highest BCUT2D eigenvalue weighted by Gasteiger charge is 2.04. The van der Waals surface area contributed by atoms with Crippen LogP contribution in [0.25, 0.3) is 11.0 Å². The first-order valence-electron chi connectivity index (χ1n) is 6.09. The molecule has 1 N–H and O–H groups in total. The maximum atomic E-state index is 5.98. The summed E-state index contributed by atoms with van der Waals surface area (Å²) in [7, 11) is 0. The third-order valence-corrected chi connectivity index (χ3v) is 4.22. The molecule has 98 valence electrons. The van der Waals surface area contributed by atoms with Crippen LogP contribution in [-0.2, 0) is 6.54 Å². The average Bonchev–Trinajstić information content (AvgIpc) is 2.64. The standard InChI is InChI=1S/C13H17ClN2S2/c1-18-8-4-2-3-7-16-12-6-5-10(14)9-11(12)15-13(16)17/h5-6,9H,2-4,7-8H2,1H3,(H,15,17). The maximum absolute atomic E-state index is 5.98. The van der Waals surface area contributed by atoms with E-state index in [1.54, 1.807) is 0 Å². The number of benzene rings is 1. The molecule has 18 heavy (non-hydrogen) atoms. The molecular formula is C13H17ClN2S2. The van der Waals surface area contributed by atoms with Crippen LogP contribution in [0.5, 0.6) is 0 Å². The summed E-state index contributed by atoms with van der Waals surface area (Å²) in [6.07, 6.45) is 5.86. The lowest BCUT2D eigenvalue weighted by atomic mass is 10.2. The minimum Gasteiger partial charge on any atom is -0.331 e. The van der Waals surface area contributed by atoms with Crippen LogP contribution < -0.4 is 0 Å². The van der Waals surface area contributed by atoms with Gasteiger partial charge in [-0.3, -0.25) is 0 Å². The molecule has 0 atom stereocenters. The molecule has 0 radical (unpaired) electrons. The smallest absolute Gasteiger partial charge is 0.178 e. The van der Waals surface area contributed by atoms with Gasteiger partial charge in [0.25, 0.3) is 0 Å². The first-order valence-corrected chi connectivity index (χ1v) is 8.27. The number of aromatic nitrogens is 2. The molecule has 2 rings (SSSR count). The predicted molar refractivity (Wildman–Crippen MR) is 84.4 cm³/mol. The Labute approximate surface area is 122 Å². The van der Waals surface area contributed by atoms with Crippen molar-refractivity contribution in [2.75, 3.05) is 12.0 Å². The number of halogens is 1. The summed E-state index contributed by atoms with van der Waals surface area (Å²) in [5.41, 5.74) is 2.17. The van der Waals surface area contributed by atoms with Crippen molar-refractivity contribution in [3.05, 3.63) is 28.0 Å². The number of thioether (sulfide) groups is 1. The van der Waals surface area contributed by atoms with Crippen molar-refractivity contribution in [2.24, 2.45) is 0 Å². The van der Waals surface area contributed by atoms with E-state index in [1.165, 1.54) is 25.0 Å². The van der Waals surface area contributed by atoms with Crippen molar-refractivity contribution >= 4 is 46.6 Å². The van der Waals surface area contributed by atoms with E-state index in [0.29, 0.717) is 0 Å². The monoisotopic (exact) mass is 300 g/mol. The second kappa shape index (κ2) is 6.64. The third-order valence-electron chi connectivity index (χ3n) is 2.97. The van der Waals surface area contributed by atoms with Gasteiger partial charge in [0.05, 0.1) is 11.0 Å². The summed E-state index contributed by atoms with van der Waals surface area (Å²) < 4.78 is 2.96. The van der Waals surface area contributed by atoms with Crippen molar-refractivity contribution in [3.63, 3.8) is 0 Å². The average molecular weight is 301 g/mol. The van der Waals surface area contributed by atoms with Gasteiger partial charge in [-0.25, -0.2) is 0 Å². The highest BCUT2D eigenvalue weighted by atomic mass is 35.5. The van der Waals surface area contributed by atoms with Gasteiger partial charge < -0.3 is 9.55 Å². The van der Waals surface area contributed by atoms with E-state index >= 15 is 0 Å². The number of rotatable bonds is 6. The molecule has 1 aromatic carbocycles. The Balaban J connectivity index is 2.08. The van der Waals surface area contributed by atoms with Gasteiger partial charge in [0.2, 0.25) is 0 Å². The van der Waals surface area contributed by atoms with Crippen LogP contribution in [-0.4, -0.2) is 21.6 Å². The number of aryl methyl sites for hydroxylation is 1. The van der Waals surface area contributed by atoms with Crippen molar-refractivity contribution in [3.8, 4) is 0 Å². The summed E-state index contributed by atoms with van der Waals surface area (Å²) in [6, 6.07) is 5.87. The number of nitrogens with one attached hydrogen (secondary N) is 1. The Morgan fingerprint density at radius 1 is 1.33 bits per heavy atom. The minimum absolute atomic E-state index is 0.742. The number of H-pyrrole nitrogens is 1. The normalized spacial score (nSPS) is 11.2. The number of nitrogens with zero attached hydrogens (tertiary/aromatic N) is 1. The van der Waals surface area contributed by atoms with Crippen LogP contribution in [0.1, 0.15) is 19.3 Å². The summed E-state index contributed by atoms with van der Waals surface area (Å²) in [6.45, 7) is 0.981. The molecule has 0 saturated heterocycles. The molecule has 0 aliphatic heterocycles. The number of imidazole rings is 1. The Kier molecular flexibility index (Phi) is 5.15. The van der Waals surface area contributed by atoms with Gasteiger partial charge in [0, 0.05) is 11.6 Å². The van der Waals surface area contributed by atoms with Gasteiger partial charge in [-0.05, 0) is 55.3 Å². The van der Waals surface area contributed by atoms with E-state index in [-0.39, 0.29) is 0 Å². The van der Waals surface area contributed by atoms with E-state index in [2.05, 4.69) is 15.8 Å². The Morgan fingerprint density at radius 3 is 2.94 bits per heavy atom. The first kappa shape index (κ1) is 14.0. The van der Waals surface area contributed by atoms with E-state index in [1.807, 2.05) is 30.0 Å². The fraction of sp³-hybridized carbons (Fsp3) is 0.462. The van der Waals surface area contributed by atoms with E-state index in [4.69, 9.17) is 23.8 Å². The summed E-state index contributed by atoms with van der Waals surface area (Å²) in [5, 5.41) is 0.742. The predicted octanol–water partition coefficient (Wildman–Crippen LogP) is 4.89. The zero-order valence-corrected chi connectivity index (χ0v) is 12.8. The van der Waals surface area contributed by atoms with E-state index < -0.39 is 0 Å². The lowest BCUT2D eigenvalue weighted by Gasteiger charge is -2.04. The van der Waals surface area contributed by atoms with Gasteiger partial charge in [0.15, 0.2) is 4.77 Å². The maximum Gasteiger partial charge on any atom is 0.178 e. The number of unbranched alkanes of at least 4 members (excludes halogenated alkanes) is 2. The van der Waals surface area contributed by atoms with Gasteiger partial charge >= 0.3 is 0 Å². The molecule has 0 fully saturated rings. The largest absolute Gasteiger partial charge is 0.331 e. The van der Waals surface area contributed by atoms with Gasteiger partial charge in [-0.15, -0.1) is 0 Å². The van der Waals surface area contributed by atoms with Crippen molar-refractivity contribution in [1.82, 2.24) is 9.55 Å². The van der Waals surface area contributed by atoms with Crippen LogP contribution >= 0.6 is 35.6 Å². The molecule has 2 nitrogen and oxygen atoms in total. The number of hydrogen-bond acceptors (Lipinski definition) is 2. The van der Waals surface area contributed by atoms with Crippen LogP contribution in [0.4, 0.5) is 0 Å². The van der Waals surface area contributed by atoms with Crippen molar-refractivity contribution in [1.29, 1.82) is 0 Å². The van der Waals surface area contributed by atoms with Gasteiger partial charge in [0.1, 0.15) is 0 Å². The molecule has 1 aromatic heterocycles. The SMILES string of the molecule is CSCCCCCn1c(=S)[nH]c2cc(Cl)ccc21. The molecule has 0 aliphatic carbocycles. The van der Waals surface area contributed by atoms with Gasteiger partial charge in [-0.1, -0.05) is 18.0 Å². The fourth-order valence-electron chi connectivity index (χ4n) is 2.05. The molecule has 0 unspecified atom stereocenters. The fourth-order valence-corrected chi connectivity index (χ4v) is 3.02. The molecule has 0 amide bonds. The van der Waals surface area contributed by atoms with Crippen LogP contribution in [0.3, 0.4) is 0 Å². The molecule has 0 saturated carbocycles. The molecule has 0 bridgehead atoms.